The largest absolute Gasteiger partial charge is 0.355 e. The van der Waals surface area contributed by atoms with E-state index >= 15 is 0 Å². The van der Waals surface area contributed by atoms with E-state index < -0.39 is 0 Å². The summed E-state index contributed by atoms with van der Waals surface area (Å²) in [5.74, 6) is -0.208. The smallest absolute Gasteiger partial charge is 0.270 e. The number of rotatable bonds is 5. The number of hydrogen-bond donors (Lipinski definition) is 2. The first-order chi connectivity index (χ1) is 12.1. The Balaban J connectivity index is 1.69. The molecule has 0 atom stereocenters. The quantitative estimate of drug-likeness (QED) is 0.699. The van der Waals surface area contributed by atoms with Crippen LogP contribution in [0.2, 0.25) is 5.02 Å². The molecule has 5 heteroatoms. The van der Waals surface area contributed by atoms with Crippen LogP contribution in [0.5, 0.6) is 0 Å². The van der Waals surface area contributed by atoms with Gasteiger partial charge in [-0.15, -0.1) is 0 Å². The minimum absolute atomic E-state index is 0.208. The van der Waals surface area contributed by atoms with E-state index in [1.807, 2.05) is 61.5 Å². The lowest BCUT2D eigenvalue weighted by atomic mass is 10.2. The van der Waals surface area contributed by atoms with E-state index in [9.17, 15) is 4.79 Å². The first-order valence-electron chi connectivity index (χ1n) is 7.93. The molecule has 0 aliphatic rings. The average Bonchev–Trinajstić information content (AvgIpc) is 2.63. The van der Waals surface area contributed by atoms with E-state index in [1.54, 1.807) is 12.3 Å². The van der Waals surface area contributed by atoms with Crippen LogP contribution in [0.25, 0.3) is 0 Å². The standard InChI is InChI=1S/C20H18ClN3O/c1-14-11-16(21)7-8-18(14)24-17-9-10-22-19(12-17)20(25)23-13-15-5-3-2-4-6-15/h2-12H,13H2,1H3,(H,22,24)(H,23,25). The molecule has 1 heterocycles. The molecule has 0 radical (unpaired) electrons. The molecule has 0 unspecified atom stereocenters. The molecule has 0 bridgehead atoms. The molecule has 126 valence electrons. The normalized spacial score (nSPS) is 10.3. The molecule has 4 nitrogen and oxygen atoms in total. The number of benzene rings is 2. The molecular weight excluding hydrogens is 334 g/mol. The van der Waals surface area contributed by atoms with Crippen LogP contribution in [0, 0.1) is 6.92 Å². The lowest BCUT2D eigenvalue weighted by Crippen LogP contribution is -2.23. The zero-order valence-electron chi connectivity index (χ0n) is 13.8. The Morgan fingerprint density at radius 1 is 1.08 bits per heavy atom. The van der Waals surface area contributed by atoms with Gasteiger partial charge in [0.15, 0.2) is 0 Å². The second kappa shape index (κ2) is 7.81. The molecule has 2 aromatic carbocycles. The van der Waals surface area contributed by atoms with Crippen LogP contribution in [0.1, 0.15) is 21.6 Å². The summed E-state index contributed by atoms with van der Waals surface area (Å²) in [6.07, 6.45) is 1.62. The second-order valence-corrected chi connectivity index (χ2v) is 6.12. The van der Waals surface area contributed by atoms with Crippen LogP contribution in [0.3, 0.4) is 0 Å². The van der Waals surface area contributed by atoms with Gasteiger partial charge in [0, 0.05) is 29.1 Å². The first kappa shape index (κ1) is 17.0. The summed E-state index contributed by atoms with van der Waals surface area (Å²) in [6, 6.07) is 18.9. The monoisotopic (exact) mass is 351 g/mol. The Morgan fingerprint density at radius 2 is 1.88 bits per heavy atom. The summed E-state index contributed by atoms with van der Waals surface area (Å²) in [7, 11) is 0. The van der Waals surface area contributed by atoms with Gasteiger partial charge in [0.05, 0.1) is 0 Å². The maximum Gasteiger partial charge on any atom is 0.270 e. The first-order valence-corrected chi connectivity index (χ1v) is 8.31. The van der Waals surface area contributed by atoms with Gasteiger partial charge in [-0.3, -0.25) is 9.78 Å². The molecule has 25 heavy (non-hydrogen) atoms. The van der Waals surface area contributed by atoms with Gasteiger partial charge in [0.25, 0.3) is 5.91 Å². The number of carbonyl (C=O) groups is 1. The predicted molar refractivity (Wildman–Crippen MR) is 101 cm³/mol. The number of carbonyl (C=O) groups excluding carboxylic acids is 1. The van der Waals surface area contributed by atoms with Crippen molar-refractivity contribution in [2.24, 2.45) is 0 Å². The van der Waals surface area contributed by atoms with Gasteiger partial charge in [-0.2, -0.15) is 0 Å². The topological polar surface area (TPSA) is 54.0 Å². The van der Waals surface area contributed by atoms with E-state index in [0.717, 1.165) is 22.5 Å². The number of nitrogens with zero attached hydrogens (tertiary/aromatic N) is 1. The van der Waals surface area contributed by atoms with Gasteiger partial charge >= 0.3 is 0 Å². The van der Waals surface area contributed by atoms with Gasteiger partial charge in [-0.25, -0.2) is 0 Å². The number of pyridine rings is 1. The van der Waals surface area contributed by atoms with E-state index in [1.165, 1.54) is 0 Å². The minimum atomic E-state index is -0.208. The van der Waals surface area contributed by atoms with E-state index in [2.05, 4.69) is 15.6 Å². The summed E-state index contributed by atoms with van der Waals surface area (Å²) in [5.41, 5.74) is 4.17. The van der Waals surface area contributed by atoms with Crippen molar-refractivity contribution in [3.05, 3.63) is 88.7 Å². The van der Waals surface area contributed by atoms with Crippen molar-refractivity contribution in [2.75, 3.05) is 5.32 Å². The highest BCUT2D eigenvalue weighted by Crippen LogP contribution is 2.23. The van der Waals surface area contributed by atoms with Crippen molar-refractivity contribution in [1.82, 2.24) is 10.3 Å². The summed E-state index contributed by atoms with van der Waals surface area (Å²) >= 11 is 5.98. The Kier molecular flexibility index (Phi) is 5.31. The number of anilines is 2. The van der Waals surface area contributed by atoms with Gasteiger partial charge in [-0.1, -0.05) is 41.9 Å². The Hall–Kier alpha value is -2.85. The second-order valence-electron chi connectivity index (χ2n) is 5.68. The fraction of sp³-hybridized carbons (Fsp3) is 0.100. The molecule has 1 aromatic heterocycles. The zero-order chi connectivity index (χ0) is 17.6. The van der Waals surface area contributed by atoms with Crippen LogP contribution >= 0.6 is 11.6 Å². The van der Waals surface area contributed by atoms with Crippen LogP contribution < -0.4 is 10.6 Å². The van der Waals surface area contributed by atoms with Crippen LogP contribution in [-0.2, 0) is 6.54 Å². The number of hydrogen-bond acceptors (Lipinski definition) is 3. The van der Waals surface area contributed by atoms with Crippen LogP contribution in [-0.4, -0.2) is 10.9 Å². The van der Waals surface area contributed by atoms with Gasteiger partial charge < -0.3 is 10.6 Å². The third kappa shape index (κ3) is 4.58. The molecule has 0 saturated carbocycles. The number of nitrogens with one attached hydrogen (secondary N) is 2. The fourth-order valence-electron chi connectivity index (χ4n) is 2.42. The van der Waals surface area contributed by atoms with Gasteiger partial charge in [0.1, 0.15) is 5.69 Å². The van der Waals surface area contributed by atoms with E-state index in [4.69, 9.17) is 11.6 Å². The summed E-state index contributed by atoms with van der Waals surface area (Å²) in [4.78, 5) is 16.5. The Bertz CT molecular complexity index is 881. The predicted octanol–water partition coefficient (Wildman–Crippen LogP) is 4.72. The Morgan fingerprint density at radius 3 is 2.64 bits per heavy atom. The van der Waals surface area contributed by atoms with Crippen molar-refractivity contribution in [3.63, 3.8) is 0 Å². The summed E-state index contributed by atoms with van der Waals surface area (Å²) < 4.78 is 0. The van der Waals surface area contributed by atoms with Crippen molar-refractivity contribution < 1.29 is 4.79 Å². The van der Waals surface area contributed by atoms with Crippen molar-refractivity contribution >= 4 is 28.9 Å². The number of aromatic nitrogens is 1. The summed E-state index contributed by atoms with van der Waals surface area (Å²) in [5, 5.41) is 6.86. The van der Waals surface area contributed by atoms with Crippen LogP contribution in [0.15, 0.2) is 66.9 Å². The third-order valence-corrected chi connectivity index (χ3v) is 3.99. The van der Waals surface area contributed by atoms with E-state index in [0.29, 0.717) is 17.3 Å². The molecule has 0 spiro atoms. The molecule has 0 saturated heterocycles. The molecule has 0 fully saturated rings. The Labute approximate surface area is 151 Å². The van der Waals surface area contributed by atoms with Crippen LogP contribution in [0.4, 0.5) is 11.4 Å². The lowest BCUT2D eigenvalue weighted by Gasteiger charge is -2.11. The van der Waals surface area contributed by atoms with Crippen molar-refractivity contribution in [2.45, 2.75) is 13.5 Å². The highest BCUT2D eigenvalue weighted by Gasteiger charge is 2.08. The molecule has 1 amide bonds. The third-order valence-electron chi connectivity index (χ3n) is 3.76. The number of aryl methyl sites for hydroxylation is 1. The van der Waals surface area contributed by atoms with Gasteiger partial charge in [0.2, 0.25) is 0 Å². The maximum atomic E-state index is 12.3. The highest BCUT2D eigenvalue weighted by atomic mass is 35.5. The molecule has 0 aliphatic heterocycles. The lowest BCUT2D eigenvalue weighted by molar-refractivity contribution is 0.0946. The van der Waals surface area contributed by atoms with E-state index in [-0.39, 0.29) is 5.91 Å². The number of halogens is 1. The SMILES string of the molecule is Cc1cc(Cl)ccc1Nc1ccnc(C(=O)NCc2ccccc2)c1. The van der Waals surface area contributed by atoms with Crippen molar-refractivity contribution in [3.8, 4) is 0 Å². The molecule has 3 rings (SSSR count). The zero-order valence-corrected chi connectivity index (χ0v) is 14.5. The van der Waals surface area contributed by atoms with Gasteiger partial charge in [-0.05, 0) is 48.4 Å². The fourth-order valence-corrected chi connectivity index (χ4v) is 2.65. The molecule has 0 aliphatic carbocycles. The summed E-state index contributed by atoms with van der Waals surface area (Å²) in [6.45, 7) is 2.44. The molecule has 2 N–H and O–H groups in total. The minimum Gasteiger partial charge on any atom is -0.355 e. The number of amides is 1. The maximum absolute atomic E-state index is 12.3. The average molecular weight is 352 g/mol. The molecular formula is C20H18ClN3O. The van der Waals surface area contributed by atoms with Crippen molar-refractivity contribution in [1.29, 1.82) is 0 Å². The highest BCUT2D eigenvalue weighted by molar-refractivity contribution is 6.30. The molecule has 3 aromatic rings.